The van der Waals surface area contributed by atoms with Crippen LogP contribution in [0.15, 0.2) is 29.4 Å². The number of thioether (sulfide) groups is 1. The third-order valence-corrected chi connectivity index (χ3v) is 3.98. The van der Waals surface area contributed by atoms with Gasteiger partial charge in [-0.05, 0) is 19.9 Å². The predicted molar refractivity (Wildman–Crippen MR) is 79.4 cm³/mol. The van der Waals surface area contributed by atoms with Crippen molar-refractivity contribution in [1.29, 1.82) is 5.26 Å². The molecule has 1 aromatic carbocycles. The van der Waals surface area contributed by atoms with Gasteiger partial charge in [0.25, 0.3) is 0 Å². The van der Waals surface area contributed by atoms with E-state index >= 15 is 0 Å². The molecule has 0 bridgehead atoms. The second-order valence-electron chi connectivity index (χ2n) is 4.42. The average Bonchev–Trinajstić information content (AvgIpc) is 2.80. The number of hydrogen-bond acceptors (Lipinski definition) is 5. The van der Waals surface area contributed by atoms with Gasteiger partial charge in [0.05, 0.1) is 16.8 Å². The van der Waals surface area contributed by atoms with Gasteiger partial charge in [-0.15, -0.1) is 10.2 Å². The number of para-hydroxylation sites is 1. The molecule has 0 unspecified atom stereocenters. The molecular formula is C14H13N5S. The van der Waals surface area contributed by atoms with Crippen LogP contribution in [0.25, 0.3) is 22.1 Å². The molecule has 0 aliphatic heterocycles. The minimum atomic E-state index is -0.186. The fourth-order valence-electron chi connectivity index (χ4n) is 2.24. The summed E-state index contributed by atoms with van der Waals surface area (Å²) >= 11 is 1.33. The summed E-state index contributed by atoms with van der Waals surface area (Å²) in [6, 6.07) is 10.3. The molecule has 0 saturated heterocycles. The number of nitriles is 1. The lowest BCUT2D eigenvalue weighted by molar-refractivity contribution is 0.789. The minimum Gasteiger partial charge on any atom is -0.324 e. The van der Waals surface area contributed by atoms with E-state index in [4.69, 9.17) is 5.26 Å². The van der Waals surface area contributed by atoms with Crippen molar-refractivity contribution in [3.8, 4) is 6.07 Å². The lowest BCUT2D eigenvalue weighted by atomic mass is 10.2. The molecule has 0 aliphatic rings. The van der Waals surface area contributed by atoms with Crippen LogP contribution < -0.4 is 0 Å². The van der Waals surface area contributed by atoms with Gasteiger partial charge >= 0.3 is 0 Å². The molecule has 0 amide bonds. The van der Waals surface area contributed by atoms with Crippen molar-refractivity contribution in [1.82, 2.24) is 19.7 Å². The van der Waals surface area contributed by atoms with E-state index in [1.165, 1.54) is 11.8 Å². The lowest BCUT2D eigenvalue weighted by Crippen LogP contribution is -2.00. The smallest absolute Gasteiger partial charge is 0.212 e. The number of rotatable bonds is 3. The van der Waals surface area contributed by atoms with E-state index in [1.54, 1.807) is 0 Å². The molecular weight excluding hydrogens is 270 g/mol. The van der Waals surface area contributed by atoms with Crippen LogP contribution in [0.2, 0.25) is 0 Å². The number of aromatic nitrogens is 4. The largest absolute Gasteiger partial charge is 0.324 e. The Bertz CT molecular complexity index is 817. The van der Waals surface area contributed by atoms with Crippen LogP contribution in [0.4, 0.5) is 0 Å². The molecule has 5 nitrogen and oxygen atoms in total. The molecule has 0 radical (unpaired) electrons. The third kappa shape index (κ3) is 2.00. The second-order valence-corrected chi connectivity index (χ2v) is 5.73. The molecule has 3 rings (SSSR count). The van der Waals surface area contributed by atoms with E-state index in [-0.39, 0.29) is 5.25 Å². The number of fused-ring (bicyclic) bond motifs is 3. The molecule has 2 aromatic heterocycles. The SMILES string of the molecule is CCn1c2ccccc2c2nnc(S[C@H](C)C#N)nc21. The van der Waals surface area contributed by atoms with Crippen molar-refractivity contribution in [2.24, 2.45) is 0 Å². The predicted octanol–water partition coefficient (Wildman–Crippen LogP) is 3.00. The lowest BCUT2D eigenvalue weighted by Gasteiger charge is -2.03. The molecule has 0 fully saturated rings. The summed E-state index contributed by atoms with van der Waals surface area (Å²) in [6.45, 7) is 4.73. The highest BCUT2D eigenvalue weighted by molar-refractivity contribution is 8.00. The van der Waals surface area contributed by atoms with Crippen LogP contribution in [-0.4, -0.2) is 25.0 Å². The summed E-state index contributed by atoms with van der Waals surface area (Å²) in [4.78, 5) is 4.57. The number of aryl methyl sites for hydroxylation is 1. The van der Waals surface area contributed by atoms with E-state index in [1.807, 2.05) is 25.1 Å². The van der Waals surface area contributed by atoms with Gasteiger partial charge in [0.2, 0.25) is 5.16 Å². The number of hydrogen-bond donors (Lipinski definition) is 0. The van der Waals surface area contributed by atoms with Gasteiger partial charge in [-0.25, -0.2) is 4.98 Å². The monoisotopic (exact) mass is 283 g/mol. The van der Waals surface area contributed by atoms with Crippen molar-refractivity contribution in [3.05, 3.63) is 24.3 Å². The average molecular weight is 283 g/mol. The molecule has 100 valence electrons. The molecule has 6 heteroatoms. The van der Waals surface area contributed by atoms with Crippen LogP contribution in [-0.2, 0) is 6.54 Å². The van der Waals surface area contributed by atoms with Gasteiger partial charge in [-0.2, -0.15) is 5.26 Å². The Balaban J connectivity index is 2.23. The van der Waals surface area contributed by atoms with Gasteiger partial charge in [0.1, 0.15) is 5.52 Å². The van der Waals surface area contributed by atoms with Crippen molar-refractivity contribution in [3.63, 3.8) is 0 Å². The number of nitrogens with zero attached hydrogens (tertiary/aromatic N) is 5. The van der Waals surface area contributed by atoms with Gasteiger partial charge in [0, 0.05) is 11.9 Å². The van der Waals surface area contributed by atoms with Crippen molar-refractivity contribution >= 4 is 33.8 Å². The fourth-order valence-corrected chi connectivity index (χ4v) is 2.84. The highest BCUT2D eigenvalue weighted by Gasteiger charge is 2.14. The second kappa shape index (κ2) is 5.10. The van der Waals surface area contributed by atoms with E-state index in [9.17, 15) is 0 Å². The Morgan fingerprint density at radius 3 is 2.90 bits per heavy atom. The summed E-state index contributed by atoms with van der Waals surface area (Å²) in [5, 5.41) is 18.7. The van der Waals surface area contributed by atoms with Crippen LogP contribution in [0, 0.1) is 11.3 Å². The maximum absolute atomic E-state index is 8.87. The highest BCUT2D eigenvalue weighted by Crippen LogP contribution is 2.27. The summed E-state index contributed by atoms with van der Waals surface area (Å²) < 4.78 is 2.13. The highest BCUT2D eigenvalue weighted by atomic mass is 32.2. The molecule has 0 aliphatic carbocycles. The van der Waals surface area contributed by atoms with E-state index in [0.717, 1.165) is 28.6 Å². The maximum Gasteiger partial charge on any atom is 0.212 e. The summed E-state index contributed by atoms with van der Waals surface area (Å²) in [5.41, 5.74) is 2.76. The van der Waals surface area contributed by atoms with E-state index < -0.39 is 0 Å². The molecule has 2 heterocycles. The molecule has 1 atom stereocenters. The van der Waals surface area contributed by atoms with Crippen molar-refractivity contribution in [2.45, 2.75) is 30.8 Å². The van der Waals surface area contributed by atoms with Crippen LogP contribution in [0.5, 0.6) is 0 Å². The van der Waals surface area contributed by atoms with Crippen molar-refractivity contribution in [2.75, 3.05) is 0 Å². The van der Waals surface area contributed by atoms with Gasteiger partial charge in [0.15, 0.2) is 5.65 Å². The van der Waals surface area contributed by atoms with Gasteiger partial charge in [-0.3, -0.25) is 0 Å². The van der Waals surface area contributed by atoms with Crippen LogP contribution in [0.3, 0.4) is 0 Å². The molecule has 3 aromatic rings. The Hall–Kier alpha value is -2.13. The first kappa shape index (κ1) is 12.9. The zero-order valence-electron chi connectivity index (χ0n) is 11.2. The Morgan fingerprint density at radius 1 is 1.35 bits per heavy atom. The topological polar surface area (TPSA) is 67.4 Å². The maximum atomic E-state index is 8.87. The van der Waals surface area contributed by atoms with Crippen LogP contribution >= 0.6 is 11.8 Å². The first-order valence-corrected chi connectivity index (χ1v) is 7.30. The normalized spacial score (nSPS) is 12.7. The molecule has 0 N–H and O–H groups in total. The Labute approximate surface area is 120 Å². The van der Waals surface area contributed by atoms with Crippen LogP contribution in [0.1, 0.15) is 13.8 Å². The fraction of sp³-hybridized carbons (Fsp3) is 0.286. The first-order chi connectivity index (χ1) is 9.74. The van der Waals surface area contributed by atoms with E-state index in [0.29, 0.717) is 5.16 Å². The van der Waals surface area contributed by atoms with Crippen molar-refractivity contribution < 1.29 is 0 Å². The summed E-state index contributed by atoms with van der Waals surface area (Å²) in [7, 11) is 0. The molecule has 0 spiro atoms. The zero-order chi connectivity index (χ0) is 14.1. The standard InChI is InChI=1S/C14H13N5S/c1-3-19-11-7-5-4-6-10(11)12-13(19)16-14(18-17-12)20-9(2)8-15/h4-7,9H,3H2,1-2H3/t9-/m1/s1. The minimum absolute atomic E-state index is 0.186. The quantitative estimate of drug-likeness (QED) is 0.691. The van der Waals surface area contributed by atoms with E-state index in [2.05, 4.69) is 38.8 Å². The number of benzene rings is 1. The zero-order valence-corrected chi connectivity index (χ0v) is 12.1. The Kier molecular flexibility index (Phi) is 3.28. The summed E-state index contributed by atoms with van der Waals surface area (Å²) in [5.74, 6) is 0. The molecule has 20 heavy (non-hydrogen) atoms. The Morgan fingerprint density at radius 2 is 2.15 bits per heavy atom. The van der Waals surface area contributed by atoms with Gasteiger partial charge < -0.3 is 4.57 Å². The first-order valence-electron chi connectivity index (χ1n) is 6.42. The summed E-state index contributed by atoms with van der Waals surface area (Å²) in [6.07, 6.45) is 0. The third-order valence-electron chi connectivity index (χ3n) is 3.13. The van der Waals surface area contributed by atoms with Gasteiger partial charge in [-0.1, -0.05) is 30.0 Å². The molecule has 0 saturated carbocycles.